The molecule has 4 aromatic heterocycles. The van der Waals surface area contributed by atoms with Crippen LogP contribution in [-0.2, 0) is 21.9 Å². The molecule has 18 heteroatoms. The molecule has 0 atom stereocenters. The van der Waals surface area contributed by atoms with Crippen LogP contribution in [0.4, 0.5) is 43.7 Å². The Morgan fingerprint density at radius 1 is 0.688 bits per heavy atom. The summed E-state index contributed by atoms with van der Waals surface area (Å²) in [5, 5.41) is 14.6. The van der Waals surface area contributed by atoms with E-state index in [1.165, 1.54) is 47.5 Å². The number of aromatic nitrogens is 4. The highest BCUT2D eigenvalue weighted by Crippen LogP contribution is 2.36. The number of para-hydroxylation sites is 3. The summed E-state index contributed by atoms with van der Waals surface area (Å²) in [5.74, 6) is 0.680. The number of alkyl halides is 6. The number of fused-ring (bicyclic) bond motifs is 2. The van der Waals surface area contributed by atoms with Crippen LogP contribution in [0.3, 0.4) is 0 Å². The molecule has 12 nitrogen and oxygen atoms in total. The average molecular weight is 1110 g/mol. The molecule has 0 fully saturated rings. The minimum Gasteiger partial charge on any atom is -0.483 e. The molecule has 0 aliphatic heterocycles. The molecule has 0 saturated heterocycles. The molecule has 8 rings (SSSR count). The van der Waals surface area contributed by atoms with Gasteiger partial charge in [0.15, 0.2) is 22.2 Å². The minimum atomic E-state index is -4.67. The number of pyridine rings is 4. The highest BCUT2D eigenvalue weighted by atomic mass is 19.4. The molecule has 3 aromatic carbocycles. The number of anilines is 3. The monoisotopic (exact) mass is 1110 g/mol. The maximum absolute atomic E-state index is 13.7. The van der Waals surface area contributed by atoms with Gasteiger partial charge in [0.1, 0.15) is 11.6 Å². The fraction of sp³-hybridized carbons (Fsp3) is 0.290. The summed E-state index contributed by atoms with van der Waals surface area (Å²) in [5.41, 5.74) is -0.0420. The first-order valence-corrected chi connectivity index (χ1v) is 26.1. The summed E-state index contributed by atoms with van der Waals surface area (Å²) in [4.78, 5) is 51.7. The number of amides is 1. The van der Waals surface area contributed by atoms with Gasteiger partial charge >= 0.3 is 12.4 Å². The van der Waals surface area contributed by atoms with Crippen molar-refractivity contribution in [2.24, 2.45) is 0 Å². The van der Waals surface area contributed by atoms with E-state index >= 15 is 0 Å². The minimum absolute atomic E-state index is 0.0450. The lowest BCUT2D eigenvalue weighted by atomic mass is 10.1. The molecule has 0 radical (unpaired) electrons. The molecule has 0 spiro atoms. The average Bonchev–Trinajstić information content (AvgIpc) is 3.44. The Hall–Kier alpha value is -8.54. The first-order chi connectivity index (χ1) is 38.3. The third-order valence-electron chi connectivity index (χ3n) is 9.96. The summed E-state index contributed by atoms with van der Waals surface area (Å²) < 4.78 is 84.6. The van der Waals surface area contributed by atoms with E-state index in [1.807, 2.05) is 91.0 Å². The molecule has 0 bridgehead atoms. The predicted molar refractivity (Wildman–Crippen MR) is 317 cm³/mol. The van der Waals surface area contributed by atoms with Gasteiger partial charge in [0.25, 0.3) is 6.47 Å². The van der Waals surface area contributed by atoms with Crippen molar-refractivity contribution in [2.75, 3.05) is 10.6 Å². The van der Waals surface area contributed by atoms with E-state index in [-0.39, 0.29) is 23.5 Å². The van der Waals surface area contributed by atoms with Gasteiger partial charge < -0.3 is 21.1 Å². The SMILES string of the molecule is C=C(C)NC=O.C=CC.CC.CC.CC.CCCCC.Cc1cc(C(F)(F)F)c2c(=O)cc(Nc3ccccc3)n(-c3ccccc3)c2n1.O=CO.O=c1cc(NC2=CCCC=C2)n(-c2ccccc2)c2nccc(C(F)(F)F)c12. The number of halogens is 6. The third-order valence-corrected chi connectivity index (χ3v) is 9.96. The summed E-state index contributed by atoms with van der Waals surface area (Å²) in [7, 11) is 0. The molecule has 7 aromatic rings. The zero-order valence-corrected chi connectivity index (χ0v) is 47.6. The predicted octanol–water partition coefficient (Wildman–Crippen LogP) is 16.9. The Kier molecular flexibility index (Phi) is 34.8. The topological polar surface area (TPSA) is 160 Å². The van der Waals surface area contributed by atoms with Crippen LogP contribution >= 0.6 is 0 Å². The van der Waals surface area contributed by atoms with Gasteiger partial charge in [-0.05, 0) is 88.2 Å². The number of carboxylic acid groups (broad SMARTS) is 1. The zero-order chi connectivity index (χ0) is 60.8. The van der Waals surface area contributed by atoms with Crippen LogP contribution in [0, 0.1) is 6.92 Å². The van der Waals surface area contributed by atoms with Crippen molar-refractivity contribution in [3.05, 3.63) is 208 Å². The summed E-state index contributed by atoms with van der Waals surface area (Å²) in [6.07, 6.45) is 5.80. The second kappa shape index (κ2) is 38.9. The maximum Gasteiger partial charge on any atom is 0.417 e. The number of unbranched alkanes of at least 4 members (excludes halogenated alkanes) is 2. The Morgan fingerprint density at radius 2 is 1.12 bits per heavy atom. The summed E-state index contributed by atoms with van der Waals surface area (Å²) in [6.45, 7) is 28.0. The quantitative estimate of drug-likeness (QED) is 0.0594. The van der Waals surface area contributed by atoms with Crippen LogP contribution in [0.5, 0.6) is 0 Å². The molecule has 1 aliphatic carbocycles. The number of hydrogen-bond donors (Lipinski definition) is 4. The van der Waals surface area contributed by atoms with E-state index < -0.39 is 45.1 Å². The number of benzene rings is 3. The summed E-state index contributed by atoms with van der Waals surface area (Å²) in [6, 6.07) is 30.9. The molecular weight excluding hydrogens is 1040 g/mol. The van der Waals surface area contributed by atoms with E-state index in [0.717, 1.165) is 36.9 Å². The van der Waals surface area contributed by atoms with E-state index in [4.69, 9.17) is 9.90 Å². The van der Waals surface area contributed by atoms with Crippen molar-refractivity contribution in [1.29, 1.82) is 0 Å². The van der Waals surface area contributed by atoms with Crippen LogP contribution in [0.2, 0.25) is 0 Å². The lowest BCUT2D eigenvalue weighted by Gasteiger charge is -2.20. The van der Waals surface area contributed by atoms with Crippen molar-refractivity contribution < 1.29 is 41.0 Å². The van der Waals surface area contributed by atoms with E-state index in [2.05, 4.69) is 52.9 Å². The number of hydrogen-bond acceptors (Lipinski definition) is 8. The molecule has 1 amide bonds. The molecule has 4 N–H and O–H groups in total. The van der Waals surface area contributed by atoms with Crippen molar-refractivity contribution in [2.45, 2.75) is 121 Å². The van der Waals surface area contributed by atoms with Crippen molar-refractivity contribution >= 4 is 52.3 Å². The van der Waals surface area contributed by atoms with Crippen LogP contribution in [0.15, 0.2) is 180 Å². The summed E-state index contributed by atoms with van der Waals surface area (Å²) >= 11 is 0. The number of nitrogens with one attached hydrogen (secondary N) is 3. The Balaban J connectivity index is 0.00000113. The number of aryl methyl sites for hydroxylation is 1. The molecule has 80 heavy (non-hydrogen) atoms. The standard InChI is InChI=1S/C22H16F3N3O.C21H16F3N3O.C5H12.C4H7NO.C3H6.3C2H6.CH2O2/c1-14-12-17(22(23,24)25)20-18(29)13-19(27-15-8-4-2-5-9-15)28(21(20)26-14)16-10-6-3-7-11-16;22-21(23,24)16-11-12-25-20-19(16)17(28)13-18(26-14-7-3-1-4-8-14)27(20)15-9-5-2-6-10-15;1-3-5-4-2;1-4(2)5-3-6;1-3-2;3*1-2;2-1-3/h2-13,27H,1H3;2-3,5-13,26H,1,4H2;3-5H2,1-2H3;3H,1H2,2H3,(H,5,6);3H,1H2,2H3;3*1-2H3;1H,(H,2,3). The molecule has 432 valence electrons. The number of carbonyl (C=O) groups is 2. The normalized spacial score (nSPS) is 10.7. The van der Waals surface area contributed by atoms with E-state index in [0.29, 0.717) is 40.8 Å². The van der Waals surface area contributed by atoms with Gasteiger partial charge in [0.05, 0.1) is 21.9 Å². The van der Waals surface area contributed by atoms with Crippen molar-refractivity contribution in [3.8, 4) is 11.4 Å². The maximum atomic E-state index is 13.7. The van der Waals surface area contributed by atoms with E-state index in [9.17, 15) is 40.7 Å². The number of carbonyl (C=O) groups excluding carboxylic acids is 1. The first kappa shape index (κ1) is 71.5. The molecule has 4 heterocycles. The Labute approximate surface area is 466 Å². The molecular formula is C62H77F6N7O5. The lowest BCUT2D eigenvalue weighted by molar-refractivity contribution is -0.137. The van der Waals surface area contributed by atoms with Gasteiger partial charge in [-0.25, -0.2) is 9.97 Å². The smallest absolute Gasteiger partial charge is 0.417 e. The third kappa shape index (κ3) is 23.2. The number of allylic oxidation sites excluding steroid dienone is 5. The van der Waals surface area contributed by atoms with Gasteiger partial charge in [0, 0.05) is 52.5 Å². The van der Waals surface area contributed by atoms with Crippen LogP contribution in [-0.4, -0.2) is 37.1 Å². The van der Waals surface area contributed by atoms with Gasteiger partial charge in [-0.2, -0.15) is 26.3 Å². The number of rotatable bonds is 10. The Morgan fingerprint density at radius 3 is 1.51 bits per heavy atom. The van der Waals surface area contributed by atoms with Gasteiger partial charge in [-0.1, -0.05) is 154 Å². The van der Waals surface area contributed by atoms with Crippen LogP contribution in [0.25, 0.3) is 33.4 Å². The fourth-order valence-corrected chi connectivity index (χ4v) is 6.97. The Bertz CT molecular complexity index is 3110. The second-order valence-electron chi connectivity index (χ2n) is 15.9. The molecule has 0 unspecified atom stereocenters. The van der Waals surface area contributed by atoms with Gasteiger partial charge in [0.2, 0.25) is 6.41 Å². The highest BCUT2D eigenvalue weighted by Gasteiger charge is 2.36. The van der Waals surface area contributed by atoms with Gasteiger partial charge in [-0.3, -0.25) is 28.3 Å². The number of nitrogens with zero attached hydrogens (tertiary/aromatic N) is 4. The van der Waals surface area contributed by atoms with Crippen LogP contribution < -0.4 is 26.8 Å². The highest BCUT2D eigenvalue weighted by molar-refractivity contribution is 5.85. The molecule has 0 saturated carbocycles. The van der Waals surface area contributed by atoms with Crippen LogP contribution in [0.1, 0.15) is 118 Å². The van der Waals surface area contributed by atoms with Crippen molar-refractivity contribution in [1.82, 2.24) is 24.4 Å². The lowest BCUT2D eigenvalue weighted by Crippen LogP contribution is -2.19. The molecule has 1 aliphatic rings. The van der Waals surface area contributed by atoms with Crippen molar-refractivity contribution in [3.63, 3.8) is 0 Å². The first-order valence-electron chi connectivity index (χ1n) is 26.1. The van der Waals surface area contributed by atoms with E-state index in [1.54, 1.807) is 79.7 Å². The largest absolute Gasteiger partial charge is 0.483 e. The second-order valence-corrected chi connectivity index (χ2v) is 15.9. The zero-order valence-electron chi connectivity index (χ0n) is 47.6. The fourth-order valence-electron chi connectivity index (χ4n) is 6.97. The van der Waals surface area contributed by atoms with Gasteiger partial charge in [-0.15, -0.1) is 6.58 Å².